The van der Waals surface area contributed by atoms with Crippen LogP contribution in [0.5, 0.6) is 0 Å². The molecule has 0 spiro atoms. The van der Waals surface area contributed by atoms with Crippen molar-refractivity contribution in [2.24, 2.45) is 5.92 Å². The zero-order valence-corrected chi connectivity index (χ0v) is 12.9. The third-order valence-electron chi connectivity index (χ3n) is 3.33. The van der Waals surface area contributed by atoms with Gasteiger partial charge in [-0.3, -0.25) is 4.79 Å². The number of nitrogens with one attached hydrogen (secondary N) is 1. The van der Waals surface area contributed by atoms with Crippen molar-refractivity contribution in [1.29, 1.82) is 0 Å². The molecule has 0 radical (unpaired) electrons. The van der Waals surface area contributed by atoms with Gasteiger partial charge in [0.2, 0.25) is 0 Å². The number of nitrogens with zero attached hydrogens (tertiary/aromatic N) is 2. The molecular formula is C12H21N3O4S. The molecule has 7 nitrogen and oxygen atoms in total. The zero-order valence-electron chi connectivity index (χ0n) is 12.1. The summed E-state index contributed by atoms with van der Waals surface area (Å²) in [5, 5.41) is 8.99. The second-order valence-electron chi connectivity index (χ2n) is 4.74. The number of imidazole rings is 1. The van der Waals surface area contributed by atoms with E-state index in [0.29, 0.717) is 18.8 Å². The van der Waals surface area contributed by atoms with Crippen molar-refractivity contribution in [3.05, 3.63) is 12.0 Å². The van der Waals surface area contributed by atoms with Crippen LogP contribution in [0.3, 0.4) is 0 Å². The second-order valence-corrected chi connectivity index (χ2v) is 6.40. The molecule has 8 heteroatoms. The van der Waals surface area contributed by atoms with Crippen LogP contribution in [0.4, 0.5) is 0 Å². The summed E-state index contributed by atoms with van der Waals surface area (Å²) in [5.74, 6) is -0.922. The van der Waals surface area contributed by atoms with E-state index in [1.165, 1.54) is 6.20 Å². The fourth-order valence-corrected chi connectivity index (χ4v) is 3.11. The van der Waals surface area contributed by atoms with Crippen LogP contribution in [0.2, 0.25) is 0 Å². The minimum atomic E-state index is -3.93. The number of carboxylic acids is 1. The number of aryl methyl sites for hydroxylation is 2. The molecule has 0 saturated carbocycles. The first kappa shape index (κ1) is 16.6. The number of carbonyl (C=O) groups is 1. The largest absolute Gasteiger partial charge is 0.480 e. The maximum Gasteiger partial charge on any atom is 0.322 e. The topological polar surface area (TPSA) is 101 Å². The first-order chi connectivity index (χ1) is 9.22. The van der Waals surface area contributed by atoms with Gasteiger partial charge in [0.1, 0.15) is 11.9 Å². The molecule has 1 heterocycles. The lowest BCUT2D eigenvalue weighted by Gasteiger charge is -2.19. The third-order valence-corrected chi connectivity index (χ3v) is 4.64. The number of rotatable bonds is 7. The minimum Gasteiger partial charge on any atom is -0.480 e. The highest BCUT2D eigenvalue weighted by Gasteiger charge is 2.30. The van der Waals surface area contributed by atoms with E-state index in [1.54, 1.807) is 18.4 Å². The van der Waals surface area contributed by atoms with Crippen molar-refractivity contribution in [3.8, 4) is 0 Å². The Balaban J connectivity index is 3.06. The summed E-state index contributed by atoms with van der Waals surface area (Å²) in [5.41, 5.74) is 0. The first-order valence-electron chi connectivity index (χ1n) is 6.51. The molecule has 114 valence electrons. The van der Waals surface area contributed by atoms with Gasteiger partial charge in [0.05, 0.1) is 0 Å². The highest BCUT2D eigenvalue weighted by atomic mass is 32.2. The van der Waals surface area contributed by atoms with Crippen molar-refractivity contribution >= 4 is 16.0 Å². The van der Waals surface area contributed by atoms with E-state index in [-0.39, 0.29) is 10.9 Å². The maximum atomic E-state index is 12.2. The quantitative estimate of drug-likeness (QED) is 0.782. The Morgan fingerprint density at radius 2 is 2.10 bits per heavy atom. The molecule has 0 saturated heterocycles. The van der Waals surface area contributed by atoms with E-state index >= 15 is 0 Å². The smallest absolute Gasteiger partial charge is 0.322 e. The van der Waals surface area contributed by atoms with Gasteiger partial charge < -0.3 is 9.67 Å². The predicted molar refractivity (Wildman–Crippen MR) is 73.8 cm³/mol. The number of aromatic nitrogens is 2. The van der Waals surface area contributed by atoms with Gasteiger partial charge in [-0.25, -0.2) is 13.4 Å². The van der Waals surface area contributed by atoms with E-state index in [1.807, 2.05) is 13.8 Å². The Morgan fingerprint density at radius 1 is 1.50 bits per heavy atom. The van der Waals surface area contributed by atoms with Crippen LogP contribution >= 0.6 is 0 Å². The van der Waals surface area contributed by atoms with Gasteiger partial charge in [-0.05, 0) is 19.8 Å². The summed E-state index contributed by atoms with van der Waals surface area (Å²) in [4.78, 5) is 15.2. The van der Waals surface area contributed by atoms with Gasteiger partial charge >= 0.3 is 5.97 Å². The average Bonchev–Trinajstić information content (AvgIpc) is 2.77. The normalized spacial score (nSPS) is 15.0. The lowest BCUT2D eigenvalue weighted by atomic mass is 10.0. The van der Waals surface area contributed by atoms with Gasteiger partial charge in [0.25, 0.3) is 10.0 Å². The van der Waals surface area contributed by atoms with E-state index in [4.69, 9.17) is 5.11 Å². The van der Waals surface area contributed by atoms with Gasteiger partial charge in [-0.1, -0.05) is 20.3 Å². The lowest BCUT2D eigenvalue weighted by molar-refractivity contribution is -0.140. The predicted octanol–water partition coefficient (Wildman–Crippen LogP) is 0.989. The highest BCUT2D eigenvalue weighted by Crippen LogP contribution is 2.14. The Morgan fingerprint density at radius 3 is 2.50 bits per heavy atom. The Bertz CT molecular complexity index is 580. The molecule has 1 aromatic rings. The number of sulfonamides is 1. The summed E-state index contributed by atoms with van der Waals surface area (Å²) < 4.78 is 28.3. The molecule has 0 bridgehead atoms. The van der Waals surface area contributed by atoms with E-state index in [0.717, 1.165) is 0 Å². The third kappa shape index (κ3) is 3.57. The zero-order chi connectivity index (χ0) is 15.5. The molecule has 20 heavy (non-hydrogen) atoms. The number of carboxylic acid groups (broad SMARTS) is 1. The van der Waals surface area contributed by atoms with Crippen LogP contribution in [-0.2, 0) is 21.4 Å². The molecule has 0 amide bonds. The number of aliphatic carboxylic acids is 1. The Labute approximate surface area is 119 Å². The van der Waals surface area contributed by atoms with Crippen LogP contribution in [0, 0.1) is 12.8 Å². The van der Waals surface area contributed by atoms with E-state index in [2.05, 4.69) is 9.71 Å². The van der Waals surface area contributed by atoms with Crippen molar-refractivity contribution in [1.82, 2.24) is 14.3 Å². The number of hydrogen-bond donors (Lipinski definition) is 2. The Hall–Kier alpha value is -1.41. The standard InChI is InChI=1S/C12H21N3O4S/c1-5-8(3)11(12(16)17)14-20(18,19)10-7-15(6-2)9(4)13-10/h7-8,11,14H,5-6H2,1-4H3,(H,16,17)/t8?,11-/m0/s1. The van der Waals surface area contributed by atoms with Crippen LogP contribution in [0.1, 0.15) is 33.0 Å². The Kier molecular flexibility index (Phi) is 5.29. The van der Waals surface area contributed by atoms with Crippen molar-refractivity contribution in [2.45, 2.75) is 51.7 Å². The molecule has 0 fully saturated rings. The molecular weight excluding hydrogens is 282 g/mol. The highest BCUT2D eigenvalue weighted by molar-refractivity contribution is 7.89. The summed E-state index contributed by atoms with van der Waals surface area (Å²) in [6, 6.07) is -1.16. The molecule has 0 aliphatic carbocycles. The molecule has 0 aliphatic heterocycles. The molecule has 0 aliphatic rings. The molecule has 1 rings (SSSR count). The van der Waals surface area contributed by atoms with Crippen LogP contribution in [-0.4, -0.2) is 35.1 Å². The van der Waals surface area contributed by atoms with Crippen LogP contribution in [0.15, 0.2) is 11.2 Å². The lowest BCUT2D eigenvalue weighted by Crippen LogP contribution is -2.45. The van der Waals surface area contributed by atoms with Crippen LogP contribution < -0.4 is 4.72 Å². The van der Waals surface area contributed by atoms with E-state index in [9.17, 15) is 13.2 Å². The average molecular weight is 303 g/mol. The second kappa shape index (κ2) is 6.36. The van der Waals surface area contributed by atoms with Gasteiger partial charge in [0.15, 0.2) is 5.03 Å². The SMILES string of the molecule is CCC(C)[C@H](NS(=O)(=O)c1cn(CC)c(C)n1)C(=O)O. The first-order valence-corrected chi connectivity index (χ1v) is 8.00. The van der Waals surface area contributed by atoms with Crippen molar-refractivity contribution in [2.75, 3.05) is 0 Å². The van der Waals surface area contributed by atoms with E-state index < -0.39 is 22.0 Å². The monoisotopic (exact) mass is 303 g/mol. The summed E-state index contributed by atoms with van der Waals surface area (Å²) >= 11 is 0. The summed E-state index contributed by atoms with van der Waals surface area (Å²) in [6.07, 6.45) is 1.97. The van der Waals surface area contributed by atoms with Crippen LogP contribution in [0.25, 0.3) is 0 Å². The number of hydrogen-bond acceptors (Lipinski definition) is 4. The van der Waals surface area contributed by atoms with Gasteiger partial charge in [0, 0.05) is 12.7 Å². The molecule has 1 aromatic heterocycles. The van der Waals surface area contributed by atoms with Crippen molar-refractivity contribution < 1.29 is 18.3 Å². The maximum absolute atomic E-state index is 12.2. The molecule has 2 atom stereocenters. The summed E-state index contributed by atoms with van der Waals surface area (Å²) in [7, 11) is -3.93. The minimum absolute atomic E-state index is 0.147. The molecule has 1 unspecified atom stereocenters. The molecule has 2 N–H and O–H groups in total. The summed E-state index contributed by atoms with van der Waals surface area (Å²) in [6.45, 7) is 7.67. The van der Waals surface area contributed by atoms with Gasteiger partial charge in [-0.15, -0.1) is 0 Å². The fourth-order valence-electron chi connectivity index (χ4n) is 1.80. The van der Waals surface area contributed by atoms with Crippen molar-refractivity contribution in [3.63, 3.8) is 0 Å². The molecule has 0 aromatic carbocycles. The van der Waals surface area contributed by atoms with Gasteiger partial charge in [-0.2, -0.15) is 4.72 Å². The fraction of sp³-hybridized carbons (Fsp3) is 0.667.